The Labute approximate surface area is 137 Å². The van der Waals surface area contributed by atoms with Crippen LogP contribution in [0, 0.1) is 6.92 Å². The zero-order valence-electron chi connectivity index (χ0n) is 13.3. The summed E-state index contributed by atoms with van der Waals surface area (Å²) in [5.74, 6) is -1.78. The number of nitrogens with zero attached hydrogens (tertiary/aromatic N) is 2. The number of aromatic nitrogens is 3. The molecule has 2 heterocycles. The molecule has 24 heavy (non-hydrogen) atoms. The van der Waals surface area contributed by atoms with Crippen LogP contribution in [0.1, 0.15) is 28.4 Å². The van der Waals surface area contributed by atoms with Crippen molar-refractivity contribution in [2.24, 2.45) is 0 Å². The molecule has 0 aliphatic rings. The lowest BCUT2D eigenvalue weighted by Crippen LogP contribution is -2.23. The number of nitrogens with one attached hydrogen (secondary N) is 2. The Kier molecular flexibility index (Phi) is 4.28. The van der Waals surface area contributed by atoms with Crippen LogP contribution in [0.4, 0.5) is 13.2 Å². The van der Waals surface area contributed by atoms with Crippen molar-refractivity contribution >= 4 is 10.9 Å². The van der Waals surface area contributed by atoms with Crippen LogP contribution in [0.15, 0.2) is 36.8 Å². The van der Waals surface area contributed by atoms with Crippen molar-refractivity contribution in [2.75, 3.05) is 7.05 Å². The highest BCUT2D eigenvalue weighted by Crippen LogP contribution is 2.40. The van der Waals surface area contributed by atoms with Crippen molar-refractivity contribution in [1.29, 1.82) is 0 Å². The molecule has 4 nitrogen and oxygen atoms in total. The van der Waals surface area contributed by atoms with Crippen molar-refractivity contribution in [3.8, 4) is 0 Å². The smallest absolute Gasteiger partial charge is 0.347 e. The summed E-state index contributed by atoms with van der Waals surface area (Å²) >= 11 is 0. The summed E-state index contributed by atoms with van der Waals surface area (Å²) in [4.78, 5) is 10.8. The second-order valence-corrected chi connectivity index (χ2v) is 5.66. The highest BCUT2D eigenvalue weighted by atomic mass is 19.4. The molecule has 0 amide bonds. The number of hydrogen-bond acceptors (Lipinski definition) is 3. The van der Waals surface area contributed by atoms with Gasteiger partial charge in [-0.3, -0.25) is 4.98 Å². The molecule has 0 fully saturated rings. The molecule has 0 radical (unpaired) electrons. The van der Waals surface area contributed by atoms with E-state index >= 15 is 0 Å². The monoisotopic (exact) mass is 334 g/mol. The molecule has 1 aromatic carbocycles. The summed E-state index contributed by atoms with van der Waals surface area (Å²) < 4.78 is 41.1. The van der Waals surface area contributed by atoms with E-state index in [4.69, 9.17) is 0 Å². The van der Waals surface area contributed by atoms with E-state index in [1.165, 1.54) is 12.5 Å². The first-order valence-electron chi connectivity index (χ1n) is 7.50. The molecule has 0 saturated heterocycles. The van der Waals surface area contributed by atoms with Gasteiger partial charge in [0.1, 0.15) is 5.92 Å². The highest BCUT2D eigenvalue weighted by molar-refractivity contribution is 5.82. The van der Waals surface area contributed by atoms with E-state index in [0.29, 0.717) is 17.8 Å². The number of halogens is 3. The van der Waals surface area contributed by atoms with Gasteiger partial charge in [-0.15, -0.1) is 0 Å². The molecule has 0 aliphatic heterocycles. The lowest BCUT2D eigenvalue weighted by Gasteiger charge is -2.21. The summed E-state index contributed by atoms with van der Waals surface area (Å²) in [7, 11) is 1.79. The Balaban J connectivity index is 2.18. The first-order chi connectivity index (χ1) is 11.4. The van der Waals surface area contributed by atoms with Gasteiger partial charge in [0.05, 0.1) is 23.2 Å². The number of hydrogen-bond donors (Lipinski definition) is 2. The molecule has 126 valence electrons. The van der Waals surface area contributed by atoms with Crippen LogP contribution in [0.3, 0.4) is 0 Å². The number of benzene rings is 1. The Bertz CT molecular complexity index is 854. The molecule has 0 spiro atoms. The molecule has 3 aromatic rings. The van der Waals surface area contributed by atoms with Gasteiger partial charge in [0.2, 0.25) is 0 Å². The van der Waals surface area contributed by atoms with Crippen molar-refractivity contribution in [3.63, 3.8) is 0 Å². The van der Waals surface area contributed by atoms with Gasteiger partial charge >= 0.3 is 6.18 Å². The van der Waals surface area contributed by atoms with Gasteiger partial charge in [-0.2, -0.15) is 13.2 Å². The zero-order chi connectivity index (χ0) is 17.3. The van der Waals surface area contributed by atoms with Crippen LogP contribution < -0.4 is 5.32 Å². The van der Waals surface area contributed by atoms with E-state index in [2.05, 4.69) is 20.3 Å². The van der Waals surface area contributed by atoms with Gasteiger partial charge in [-0.25, -0.2) is 4.98 Å². The Morgan fingerprint density at radius 3 is 2.67 bits per heavy atom. The molecule has 2 N–H and O–H groups in total. The standard InChI is InChI=1S/C17H17F3N4/c1-10-16(24-9-23-10)15(17(18,19)20)12-6-13-11(7-21-2)4-3-5-14(13)22-8-12/h3-6,8-9,15,21H,7H2,1-2H3,(H,23,24). The molecule has 0 aliphatic carbocycles. The van der Waals surface area contributed by atoms with Crippen LogP contribution in [-0.4, -0.2) is 28.2 Å². The lowest BCUT2D eigenvalue weighted by molar-refractivity contribution is -0.142. The molecule has 1 atom stereocenters. The minimum Gasteiger partial charge on any atom is -0.347 e. The number of aromatic amines is 1. The predicted molar refractivity (Wildman–Crippen MR) is 85.7 cm³/mol. The third-order valence-electron chi connectivity index (χ3n) is 4.02. The van der Waals surface area contributed by atoms with E-state index in [1.54, 1.807) is 26.1 Å². The minimum absolute atomic E-state index is 0.0507. The summed E-state index contributed by atoms with van der Waals surface area (Å²) in [6.45, 7) is 2.12. The number of H-pyrrole nitrogens is 1. The van der Waals surface area contributed by atoms with Crippen LogP contribution in [0.5, 0.6) is 0 Å². The fourth-order valence-corrected chi connectivity index (χ4v) is 2.91. The molecule has 2 aromatic heterocycles. The van der Waals surface area contributed by atoms with Crippen molar-refractivity contribution < 1.29 is 13.2 Å². The average Bonchev–Trinajstić information content (AvgIpc) is 2.93. The predicted octanol–water partition coefficient (Wildman–Crippen LogP) is 3.68. The van der Waals surface area contributed by atoms with Crippen molar-refractivity contribution in [2.45, 2.75) is 25.6 Å². The van der Waals surface area contributed by atoms with Crippen molar-refractivity contribution in [3.05, 3.63) is 59.3 Å². The minimum atomic E-state index is -4.44. The number of fused-ring (bicyclic) bond motifs is 1. The number of aryl methyl sites for hydroxylation is 1. The van der Waals surface area contributed by atoms with Gasteiger partial charge in [0.25, 0.3) is 0 Å². The normalized spacial score (nSPS) is 13.4. The molecule has 7 heteroatoms. The summed E-state index contributed by atoms with van der Waals surface area (Å²) in [6, 6.07) is 7.10. The Hall–Kier alpha value is -2.41. The maximum atomic E-state index is 13.7. The van der Waals surface area contributed by atoms with Crippen molar-refractivity contribution in [1.82, 2.24) is 20.3 Å². The molecule has 0 bridgehead atoms. The number of rotatable bonds is 4. The summed E-state index contributed by atoms with van der Waals surface area (Å²) in [5, 5.41) is 3.74. The number of pyridine rings is 1. The van der Waals surface area contributed by atoms with Gasteiger partial charge in [0.15, 0.2) is 0 Å². The van der Waals surface area contributed by atoms with E-state index < -0.39 is 12.1 Å². The fraction of sp³-hybridized carbons (Fsp3) is 0.294. The van der Waals surface area contributed by atoms with Crippen LogP contribution in [0.25, 0.3) is 10.9 Å². The first-order valence-corrected chi connectivity index (χ1v) is 7.50. The highest BCUT2D eigenvalue weighted by Gasteiger charge is 2.44. The quantitative estimate of drug-likeness (QED) is 0.765. The molecular formula is C17H17F3N4. The third kappa shape index (κ3) is 2.99. The van der Waals surface area contributed by atoms with Gasteiger partial charge < -0.3 is 10.3 Å². The lowest BCUT2D eigenvalue weighted by atomic mass is 9.93. The molecular weight excluding hydrogens is 317 g/mol. The van der Waals surface area contributed by atoms with Crippen LogP contribution in [0.2, 0.25) is 0 Å². The summed E-state index contributed by atoms with van der Waals surface area (Å²) in [6.07, 6.45) is -1.86. The topological polar surface area (TPSA) is 53.6 Å². The average molecular weight is 334 g/mol. The van der Waals surface area contributed by atoms with E-state index in [1.807, 2.05) is 12.1 Å². The zero-order valence-corrected chi connectivity index (χ0v) is 13.3. The Morgan fingerprint density at radius 2 is 2.04 bits per heavy atom. The van der Waals surface area contributed by atoms with Gasteiger partial charge in [-0.05, 0) is 37.2 Å². The maximum Gasteiger partial charge on any atom is 0.401 e. The van der Waals surface area contributed by atoms with E-state index in [0.717, 1.165) is 10.9 Å². The van der Waals surface area contributed by atoms with Gasteiger partial charge in [0, 0.05) is 18.1 Å². The molecule has 3 rings (SSSR count). The fourth-order valence-electron chi connectivity index (χ4n) is 2.91. The second-order valence-electron chi connectivity index (χ2n) is 5.66. The summed E-state index contributed by atoms with van der Waals surface area (Å²) in [5.41, 5.74) is 2.07. The largest absolute Gasteiger partial charge is 0.401 e. The second kappa shape index (κ2) is 6.24. The van der Waals surface area contributed by atoms with E-state index in [-0.39, 0.29) is 11.3 Å². The third-order valence-corrected chi connectivity index (χ3v) is 4.02. The van der Waals surface area contributed by atoms with Crippen LogP contribution >= 0.6 is 0 Å². The van der Waals surface area contributed by atoms with Gasteiger partial charge in [-0.1, -0.05) is 12.1 Å². The molecule has 1 unspecified atom stereocenters. The van der Waals surface area contributed by atoms with Crippen LogP contribution in [-0.2, 0) is 6.54 Å². The molecule has 0 saturated carbocycles. The van der Waals surface area contributed by atoms with E-state index in [9.17, 15) is 13.2 Å². The maximum absolute atomic E-state index is 13.7. The first kappa shape index (κ1) is 16.4. The SMILES string of the molecule is CNCc1cccc2ncc(C(c3[nH]cnc3C)C(F)(F)F)cc12. The number of alkyl halides is 3. The Morgan fingerprint density at radius 1 is 1.25 bits per heavy atom. The number of imidazole rings is 1.